The molecule has 220 valence electrons. The van der Waals surface area contributed by atoms with Crippen molar-refractivity contribution in [3.8, 4) is 0 Å². The van der Waals surface area contributed by atoms with Gasteiger partial charge in [-0.25, -0.2) is 0 Å². The van der Waals surface area contributed by atoms with Crippen LogP contribution in [-0.2, 0) is 9.59 Å². The van der Waals surface area contributed by atoms with E-state index in [0.29, 0.717) is 13.2 Å². The number of hydrogen-bond acceptors (Lipinski definition) is 4. The molecule has 1 aliphatic carbocycles. The molecule has 0 aromatic carbocycles. The number of aliphatic hydroxyl groups excluding tert-OH is 2. The van der Waals surface area contributed by atoms with E-state index in [0.717, 1.165) is 70.6 Å². The molecule has 2 amide bonds. The molecule has 2 atom stereocenters. The molecular weight excluding hydrogens is 476 g/mol. The highest BCUT2D eigenvalue weighted by atomic mass is 16.3. The van der Waals surface area contributed by atoms with Crippen LogP contribution in [0.1, 0.15) is 141 Å². The predicted octanol–water partition coefficient (Wildman–Crippen LogP) is 6.65. The first-order chi connectivity index (χ1) is 18.7. The Kier molecular flexibility index (Phi) is 23.2. The standard InChI is InChI=1S/C32H58N2O4/c35-26-20-16-12-8-4-1-2-6-10-14-18-22-31(37)33-29-24-25-30(28-29)34-32(38)23-19-15-11-7-3-5-9-13-17-21-27-36/h18-19,22-23,29-30,35-36H,1-17,20-21,24-28H2,(H,33,37)(H,34,38)/b22-18+,23-19+/t29-,30+/m1/s1. The van der Waals surface area contributed by atoms with E-state index in [2.05, 4.69) is 10.6 Å². The highest BCUT2D eigenvalue weighted by Gasteiger charge is 2.26. The molecule has 0 aromatic heterocycles. The van der Waals surface area contributed by atoms with E-state index in [1.807, 2.05) is 12.2 Å². The van der Waals surface area contributed by atoms with Crippen molar-refractivity contribution in [1.82, 2.24) is 10.6 Å². The summed E-state index contributed by atoms with van der Waals surface area (Å²) in [5.41, 5.74) is 0. The minimum absolute atomic E-state index is 0.0186. The fraction of sp³-hybridized carbons (Fsp3) is 0.812. The molecule has 0 bridgehead atoms. The summed E-state index contributed by atoms with van der Waals surface area (Å²) in [5, 5.41) is 23.7. The van der Waals surface area contributed by atoms with Crippen LogP contribution in [0.25, 0.3) is 0 Å². The highest BCUT2D eigenvalue weighted by molar-refractivity contribution is 5.88. The average Bonchev–Trinajstić information content (AvgIpc) is 3.34. The number of allylic oxidation sites excluding steroid dienone is 2. The molecule has 1 saturated carbocycles. The Morgan fingerprint density at radius 1 is 0.526 bits per heavy atom. The predicted molar refractivity (Wildman–Crippen MR) is 158 cm³/mol. The smallest absolute Gasteiger partial charge is 0.243 e. The highest BCUT2D eigenvalue weighted by Crippen LogP contribution is 2.19. The van der Waals surface area contributed by atoms with Gasteiger partial charge < -0.3 is 20.8 Å². The molecule has 0 heterocycles. The minimum Gasteiger partial charge on any atom is -0.396 e. The molecule has 1 aliphatic rings. The van der Waals surface area contributed by atoms with Crippen LogP contribution in [0.3, 0.4) is 0 Å². The molecular formula is C32H58N2O4. The van der Waals surface area contributed by atoms with Crippen molar-refractivity contribution in [2.45, 2.75) is 153 Å². The normalized spacial score (nSPS) is 17.5. The maximum absolute atomic E-state index is 12.2. The van der Waals surface area contributed by atoms with Crippen molar-refractivity contribution in [1.29, 1.82) is 0 Å². The second-order valence-corrected chi connectivity index (χ2v) is 11.1. The van der Waals surface area contributed by atoms with E-state index in [-0.39, 0.29) is 23.9 Å². The second kappa shape index (κ2) is 25.6. The van der Waals surface area contributed by atoms with Gasteiger partial charge in [-0.15, -0.1) is 0 Å². The van der Waals surface area contributed by atoms with Crippen molar-refractivity contribution >= 4 is 11.8 Å². The van der Waals surface area contributed by atoms with Gasteiger partial charge in [0, 0.05) is 25.3 Å². The van der Waals surface area contributed by atoms with Crippen molar-refractivity contribution in [2.75, 3.05) is 13.2 Å². The van der Waals surface area contributed by atoms with E-state index in [1.54, 1.807) is 12.2 Å². The third kappa shape index (κ3) is 21.3. The summed E-state index contributed by atoms with van der Waals surface area (Å²) in [6.45, 7) is 0.629. The SMILES string of the molecule is O=C(/C=C/CCCCCCCCCCCO)N[C@@H]1CC[C@H](NC(=O)/C=C/CCCCCCCCCCO)C1. The largest absolute Gasteiger partial charge is 0.396 e. The topological polar surface area (TPSA) is 98.7 Å². The molecule has 6 heteroatoms. The number of rotatable bonds is 25. The van der Waals surface area contributed by atoms with Gasteiger partial charge in [0.25, 0.3) is 0 Å². The Hall–Kier alpha value is -1.66. The lowest BCUT2D eigenvalue weighted by atomic mass is 10.1. The summed E-state index contributed by atoms with van der Waals surface area (Å²) < 4.78 is 0. The molecule has 0 unspecified atom stereocenters. The Morgan fingerprint density at radius 2 is 0.842 bits per heavy atom. The van der Waals surface area contributed by atoms with E-state index in [9.17, 15) is 9.59 Å². The lowest BCUT2D eigenvalue weighted by Crippen LogP contribution is -2.36. The van der Waals surface area contributed by atoms with Gasteiger partial charge >= 0.3 is 0 Å². The fourth-order valence-corrected chi connectivity index (χ4v) is 5.17. The van der Waals surface area contributed by atoms with Gasteiger partial charge in [-0.2, -0.15) is 0 Å². The molecule has 0 spiro atoms. The van der Waals surface area contributed by atoms with Crippen molar-refractivity contribution in [3.05, 3.63) is 24.3 Å². The first-order valence-corrected chi connectivity index (χ1v) is 15.8. The zero-order valence-corrected chi connectivity index (χ0v) is 24.1. The maximum atomic E-state index is 12.2. The lowest BCUT2D eigenvalue weighted by molar-refractivity contribution is -0.117. The molecule has 0 aliphatic heterocycles. The minimum atomic E-state index is -0.0209. The Labute approximate surface area is 233 Å². The fourth-order valence-electron chi connectivity index (χ4n) is 5.17. The summed E-state index contributed by atoms with van der Waals surface area (Å²) in [4.78, 5) is 24.4. The monoisotopic (exact) mass is 534 g/mol. The number of nitrogens with one attached hydrogen (secondary N) is 2. The summed E-state index contributed by atoms with van der Waals surface area (Å²) in [6, 6.07) is 0.282. The van der Waals surface area contributed by atoms with Crippen LogP contribution >= 0.6 is 0 Å². The number of hydrogen-bond donors (Lipinski definition) is 4. The van der Waals surface area contributed by atoms with E-state index in [4.69, 9.17) is 10.2 Å². The number of carbonyl (C=O) groups is 2. The van der Waals surface area contributed by atoms with Crippen LogP contribution in [0, 0.1) is 0 Å². The molecule has 38 heavy (non-hydrogen) atoms. The maximum Gasteiger partial charge on any atom is 0.243 e. The molecule has 1 fully saturated rings. The van der Waals surface area contributed by atoms with Crippen molar-refractivity contribution < 1.29 is 19.8 Å². The number of aliphatic hydroxyl groups is 2. The summed E-state index contributed by atoms with van der Waals surface area (Å²) >= 11 is 0. The van der Waals surface area contributed by atoms with E-state index < -0.39 is 0 Å². The lowest BCUT2D eigenvalue weighted by Gasteiger charge is -2.13. The molecule has 0 aromatic rings. The van der Waals surface area contributed by atoms with Crippen LogP contribution in [0.4, 0.5) is 0 Å². The number of carbonyl (C=O) groups excluding carboxylic acids is 2. The Balaban J connectivity index is 1.98. The van der Waals surface area contributed by atoms with Gasteiger partial charge in [0.05, 0.1) is 0 Å². The molecule has 0 saturated heterocycles. The van der Waals surface area contributed by atoms with Gasteiger partial charge in [-0.1, -0.05) is 95.6 Å². The van der Waals surface area contributed by atoms with Gasteiger partial charge in [0.2, 0.25) is 11.8 Å². The average molecular weight is 535 g/mol. The quantitative estimate of drug-likeness (QED) is 0.0778. The zero-order valence-electron chi connectivity index (χ0n) is 24.1. The second-order valence-electron chi connectivity index (χ2n) is 11.1. The van der Waals surface area contributed by atoms with Gasteiger partial charge in [-0.3, -0.25) is 9.59 Å². The number of amides is 2. The molecule has 6 nitrogen and oxygen atoms in total. The van der Waals surface area contributed by atoms with Gasteiger partial charge in [-0.05, 0) is 69.9 Å². The summed E-state index contributed by atoms with van der Waals surface area (Å²) in [6.07, 6.45) is 32.0. The molecule has 0 radical (unpaired) electrons. The summed E-state index contributed by atoms with van der Waals surface area (Å²) in [7, 11) is 0. The van der Waals surface area contributed by atoms with Crippen molar-refractivity contribution in [3.63, 3.8) is 0 Å². The molecule has 4 N–H and O–H groups in total. The van der Waals surface area contributed by atoms with Crippen LogP contribution in [0.2, 0.25) is 0 Å². The zero-order chi connectivity index (χ0) is 27.5. The van der Waals surface area contributed by atoms with Crippen LogP contribution in [-0.4, -0.2) is 47.3 Å². The van der Waals surface area contributed by atoms with Crippen molar-refractivity contribution in [2.24, 2.45) is 0 Å². The number of unbranched alkanes of at least 4 members (excludes halogenated alkanes) is 17. The van der Waals surface area contributed by atoms with Gasteiger partial charge in [0.1, 0.15) is 0 Å². The van der Waals surface area contributed by atoms with Crippen LogP contribution < -0.4 is 10.6 Å². The first kappa shape index (κ1) is 34.4. The third-order valence-electron chi connectivity index (χ3n) is 7.47. The Bertz CT molecular complexity index is 635. The summed E-state index contributed by atoms with van der Waals surface area (Å²) in [5.74, 6) is -0.0395. The van der Waals surface area contributed by atoms with E-state index in [1.165, 1.54) is 70.6 Å². The Morgan fingerprint density at radius 3 is 1.18 bits per heavy atom. The van der Waals surface area contributed by atoms with Gasteiger partial charge in [0.15, 0.2) is 0 Å². The molecule has 1 rings (SSSR count). The van der Waals surface area contributed by atoms with E-state index >= 15 is 0 Å². The third-order valence-corrected chi connectivity index (χ3v) is 7.47. The van der Waals surface area contributed by atoms with Crippen LogP contribution in [0.15, 0.2) is 24.3 Å². The first-order valence-electron chi connectivity index (χ1n) is 15.8. The van der Waals surface area contributed by atoms with Crippen LogP contribution in [0.5, 0.6) is 0 Å².